The van der Waals surface area contributed by atoms with Crippen molar-refractivity contribution >= 4 is 17.5 Å². The Hall–Kier alpha value is -2.92. The van der Waals surface area contributed by atoms with Gasteiger partial charge in [-0.15, -0.1) is 0 Å². The summed E-state index contributed by atoms with van der Waals surface area (Å²) in [6, 6.07) is 18.2. The largest absolute Gasteiger partial charge is 0.488 e. The second kappa shape index (κ2) is 8.45. The average Bonchev–Trinajstić information content (AvgIpc) is 2.67. The summed E-state index contributed by atoms with van der Waals surface area (Å²) in [6.07, 6.45) is 1.40. The van der Waals surface area contributed by atoms with Crippen LogP contribution in [-0.2, 0) is 0 Å². The number of hydrogen-bond donors (Lipinski definition) is 1. The van der Waals surface area contributed by atoms with Crippen LogP contribution >= 0.6 is 11.6 Å². The quantitative estimate of drug-likeness (QED) is 0.653. The Morgan fingerprint density at radius 1 is 1.08 bits per heavy atom. The summed E-state index contributed by atoms with van der Waals surface area (Å²) in [5, 5.41) is 3.20. The van der Waals surface area contributed by atoms with Crippen molar-refractivity contribution in [3.05, 3.63) is 95.0 Å². The molecule has 1 N–H and O–H groups in total. The Kier molecular flexibility index (Phi) is 5.81. The zero-order valence-electron chi connectivity index (χ0n) is 13.7. The molecule has 6 heteroatoms. The number of nitrogens with one attached hydrogen (secondary N) is 1. The first-order valence-electron chi connectivity index (χ1n) is 7.98. The van der Waals surface area contributed by atoms with E-state index >= 15 is 0 Å². The molecule has 26 heavy (non-hydrogen) atoms. The second-order valence-electron chi connectivity index (χ2n) is 5.55. The van der Waals surface area contributed by atoms with Gasteiger partial charge in [0.1, 0.15) is 11.8 Å². The van der Waals surface area contributed by atoms with Crippen LogP contribution in [0.1, 0.15) is 22.0 Å². The summed E-state index contributed by atoms with van der Waals surface area (Å²) >= 11 is 5.75. The molecule has 0 aliphatic heterocycles. The molecule has 0 spiro atoms. The fourth-order valence-corrected chi connectivity index (χ4v) is 2.50. The molecule has 1 aromatic heterocycles. The smallest absolute Gasteiger partial charge is 0.253 e. The lowest BCUT2D eigenvalue weighted by atomic mass is 10.1. The number of ether oxygens (including phenoxy) is 1. The molecule has 4 nitrogen and oxygen atoms in total. The molecule has 1 amide bonds. The maximum atomic E-state index is 13.8. The van der Waals surface area contributed by atoms with Gasteiger partial charge < -0.3 is 10.1 Å². The van der Waals surface area contributed by atoms with Crippen molar-refractivity contribution in [1.82, 2.24) is 10.3 Å². The van der Waals surface area contributed by atoms with E-state index < -0.39 is 11.9 Å². The summed E-state index contributed by atoms with van der Waals surface area (Å²) < 4.78 is 19.4. The third-order valence-electron chi connectivity index (χ3n) is 3.74. The Morgan fingerprint density at radius 2 is 1.81 bits per heavy atom. The highest BCUT2D eigenvalue weighted by molar-refractivity contribution is 6.29. The van der Waals surface area contributed by atoms with Crippen molar-refractivity contribution in [2.75, 3.05) is 6.61 Å². The van der Waals surface area contributed by atoms with Gasteiger partial charge in [0, 0.05) is 6.20 Å². The number of nitrogens with zero attached hydrogens (tertiary/aromatic N) is 1. The first-order valence-corrected chi connectivity index (χ1v) is 8.36. The van der Waals surface area contributed by atoms with E-state index in [1.54, 1.807) is 30.3 Å². The molecule has 0 aliphatic carbocycles. The molecule has 1 atom stereocenters. The average molecular weight is 371 g/mol. The first-order chi connectivity index (χ1) is 12.6. The van der Waals surface area contributed by atoms with Crippen molar-refractivity contribution < 1.29 is 13.9 Å². The normalized spacial score (nSPS) is 11.6. The van der Waals surface area contributed by atoms with Crippen LogP contribution in [0.4, 0.5) is 4.39 Å². The van der Waals surface area contributed by atoms with Gasteiger partial charge in [-0.05, 0) is 29.8 Å². The second-order valence-corrected chi connectivity index (χ2v) is 5.94. The van der Waals surface area contributed by atoms with Crippen LogP contribution < -0.4 is 10.1 Å². The van der Waals surface area contributed by atoms with Gasteiger partial charge in [0.2, 0.25) is 0 Å². The lowest BCUT2D eigenvalue weighted by Gasteiger charge is -2.20. The van der Waals surface area contributed by atoms with E-state index in [2.05, 4.69) is 10.3 Å². The summed E-state index contributed by atoms with van der Waals surface area (Å²) in [6.45, 7) is 0.0811. The minimum atomic E-state index is -0.459. The van der Waals surface area contributed by atoms with Gasteiger partial charge in [-0.3, -0.25) is 4.79 Å². The molecule has 0 fully saturated rings. The fraction of sp³-hybridized carbons (Fsp3) is 0.100. The van der Waals surface area contributed by atoms with Gasteiger partial charge in [-0.25, -0.2) is 9.37 Å². The van der Waals surface area contributed by atoms with Crippen LogP contribution in [0.25, 0.3) is 0 Å². The third kappa shape index (κ3) is 4.58. The monoisotopic (exact) mass is 370 g/mol. The maximum Gasteiger partial charge on any atom is 0.253 e. The number of amides is 1. The predicted octanol–water partition coefficient (Wildman–Crippen LogP) is 4.42. The topological polar surface area (TPSA) is 51.2 Å². The molecule has 0 bridgehead atoms. The van der Waals surface area contributed by atoms with Crippen molar-refractivity contribution in [3.63, 3.8) is 0 Å². The van der Waals surface area contributed by atoms with Crippen molar-refractivity contribution in [2.45, 2.75) is 6.04 Å². The van der Waals surface area contributed by atoms with E-state index in [9.17, 15) is 9.18 Å². The van der Waals surface area contributed by atoms with Gasteiger partial charge >= 0.3 is 0 Å². The summed E-state index contributed by atoms with van der Waals surface area (Å²) in [5.74, 6) is -0.636. The molecule has 0 unspecified atom stereocenters. The van der Waals surface area contributed by atoms with Gasteiger partial charge in [0.05, 0.1) is 11.6 Å². The van der Waals surface area contributed by atoms with Gasteiger partial charge in [-0.1, -0.05) is 54.1 Å². The van der Waals surface area contributed by atoms with Gasteiger partial charge in [0.15, 0.2) is 11.6 Å². The molecule has 2 aromatic carbocycles. The molecule has 0 radical (unpaired) electrons. The molecule has 0 saturated heterocycles. The number of carbonyl (C=O) groups excluding carboxylic acids is 1. The molecule has 1 heterocycles. The predicted molar refractivity (Wildman–Crippen MR) is 97.8 cm³/mol. The molecule has 132 valence electrons. The lowest BCUT2D eigenvalue weighted by Crippen LogP contribution is -2.32. The number of rotatable bonds is 6. The van der Waals surface area contributed by atoms with E-state index in [-0.39, 0.29) is 18.3 Å². The molecule has 0 saturated carbocycles. The van der Waals surface area contributed by atoms with Crippen LogP contribution in [0.5, 0.6) is 5.75 Å². The summed E-state index contributed by atoms with van der Waals surface area (Å²) in [7, 11) is 0. The minimum absolute atomic E-state index is 0.0811. The maximum absolute atomic E-state index is 13.8. The van der Waals surface area contributed by atoms with Crippen LogP contribution in [-0.4, -0.2) is 17.5 Å². The Balaban J connectivity index is 1.76. The van der Waals surface area contributed by atoms with E-state index in [1.165, 1.54) is 12.3 Å². The van der Waals surface area contributed by atoms with Crippen molar-refractivity contribution in [3.8, 4) is 5.75 Å². The van der Waals surface area contributed by atoms with E-state index in [1.807, 2.05) is 30.3 Å². The number of para-hydroxylation sites is 1. The van der Waals surface area contributed by atoms with Crippen LogP contribution in [0, 0.1) is 5.82 Å². The highest BCUT2D eigenvalue weighted by Crippen LogP contribution is 2.20. The minimum Gasteiger partial charge on any atom is -0.488 e. The lowest BCUT2D eigenvalue weighted by molar-refractivity contribution is 0.0920. The van der Waals surface area contributed by atoms with Crippen LogP contribution in [0.15, 0.2) is 72.9 Å². The fourth-order valence-electron chi connectivity index (χ4n) is 2.39. The number of pyridine rings is 1. The Labute approximate surface area is 155 Å². The molecular weight excluding hydrogens is 355 g/mol. The third-order valence-corrected chi connectivity index (χ3v) is 3.96. The molecule has 3 aromatic rings. The number of halogens is 2. The summed E-state index contributed by atoms with van der Waals surface area (Å²) in [4.78, 5) is 16.4. The van der Waals surface area contributed by atoms with Gasteiger partial charge in [-0.2, -0.15) is 0 Å². The number of aromatic nitrogens is 1. The zero-order valence-corrected chi connectivity index (χ0v) is 14.5. The van der Waals surface area contributed by atoms with Gasteiger partial charge in [0.25, 0.3) is 5.91 Å². The highest BCUT2D eigenvalue weighted by Gasteiger charge is 2.17. The number of carbonyl (C=O) groups is 1. The molecule has 0 aliphatic rings. The number of benzene rings is 2. The zero-order chi connectivity index (χ0) is 18.4. The first kappa shape index (κ1) is 17.9. The van der Waals surface area contributed by atoms with Crippen LogP contribution in [0.2, 0.25) is 5.15 Å². The number of hydrogen-bond acceptors (Lipinski definition) is 3. The standard InChI is InChI=1S/C20H16ClFN2O2/c21-19-11-10-15(12-23-19)20(25)24-17(14-6-2-1-3-7-14)13-26-18-9-5-4-8-16(18)22/h1-12,17H,13H2,(H,24,25)/t17-/m0/s1. The van der Waals surface area contributed by atoms with Crippen LogP contribution in [0.3, 0.4) is 0 Å². The van der Waals surface area contributed by atoms with E-state index in [0.29, 0.717) is 10.7 Å². The van der Waals surface area contributed by atoms with E-state index in [0.717, 1.165) is 5.56 Å². The summed E-state index contributed by atoms with van der Waals surface area (Å²) in [5.41, 5.74) is 1.22. The van der Waals surface area contributed by atoms with E-state index in [4.69, 9.17) is 16.3 Å². The van der Waals surface area contributed by atoms with Crippen molar-refractivity contribution in [1.29, 1.82) is 0 Å². The Morgan fingerprint density at radius 3 is 2.50 bits per heavy atom. The molecular formula is C20H16ClFN2O2. The molecule has 3 rings (SSSR count). The van der Waals surface area contributed by atoms with Crippen molar-refractivity contribution in [2.24, 2.45) is 0 Å². The highest BCUT2D eigenvalue weighted by atomic mass is 35.5. The SMILES string of the molecule is O=C(N[C@@H](COc1ccccc1F)c1ccccc1)c1ccc(Cl)nc1. The Bertz CT molecular complexity index is 872.